The van der Waals surface area contributed by atoms with E-state index in [0.29, 0.717) is 23.7 Å². The third kappa shape index (κ3) is 3.99. The van der Waals surface area contributed by atoms with Gasteiger partial charge in [0.1, 0.15) is 11.6 Å². The summed E-state index contributed by atoms with van der Waals surface area (Å²) in [5, 5.41) is 7.92. The van der Waals surface area contributed by atoms with Crippen molar-refractivity contribution in [1.29, 1.82) is 0 Å². The quantitative estimate of drug-likeness (QED) is 0.724. The molecular formula is C19H22N4O2S. The van der Waals surface area contributed by atoms with Crippen LogP contribution in [-0.4, -0.2) is 27.2 Å². The summed E-state index contributed by atoms with van der Waals surface area (Å²) in [6.07, 6.45) is 0.901. The number of hydrogen-bond donors (Lipinski definition) is 1. The van der Waals surface area contributed by atoms with Gasteiger partial charge in [-0.15, -0.1) is 11.3 Å². The molecule has 2 aromatic heterocycles. The molecule has 0 saturated heterocycles. The number of aromatic nitrogens is 3. The number of rotatable bonds is 6. The van der Waals surface area contributed by atoms with E-state index < -0.39 is 0 Å². The zero-order valence-electron chi connectivity index (χ0n) is 15.2. The molecule has 7 heteroatoms. The molecule has 1 N–H and O–H groups in total. The van der Waals surface area contributed by atoms with Crippen LogP contribution < -0.4 is 10.9 Å². The molecule has 3 rings (SSSR count). The largest absolute Gasteiger partial charge is 0.354 e. The van der Waals surface area contributed by atoms with Gasteiger partial charge in [0.25, 0.3) is 5.56 Å². The lowest BCUT2D eigenvalue weighted by Crippen LogP contribution is -2.34. The molecule has 0 bridgehead atoms. The van der Waals surface area contributed by atoms with E-state index >= 15 is 0 Å². The Morgan fingerprint density at radius 2 is 2.00 bits per heavy atom. The van der Waals surface area contributed by atoms with Crippen LogP contribution in [0.15, 0.2) is 35.1 Å². The van der Waals surface area contributed by atoms with E-state index in [1.54, 1.807) is 0 Å². The van der Waals surface area contributed by atoms with E-state index in [-0.39, 0.29) is 18.0 Å². The topological polar surface area (TPSA) is 76.9 Å². The summed E-state index contributed by atoms with van der Waals surface area (Å²) in [4.78, 5) is 29.3. The standard InChI is InChI=1S/C19H22N4O2S/c1-12(2)9-10-20-15(24)11-23-19(25)16-17(13(3)22-23)26-18(21-16)14-7-5-4-6-8-14/h4-8,12H,9-11H2,1-3H3,(H,20,24). The van der Waals surface area contributed by atoms with Crippen molar-refractivity contribution in [2.75, 3.05) is 6.54 Å². The number of fused-ring (bicyclic) bond motifs is 1. The predicted molar refractivity (Wildman–Crippen MR) is 104 cm³/mol. The molecule has 0 aliphatic rings. The van der Waals surface area contributed by atoms with Crippen LogP contribution in [0.3, 0.4) is 0 Å². The molecule has 26 heavy (non-hydrogen) atoms. The number of nitrogens with zero attached hydrogens (tertiary/aromatic N) is 3. The fourth-order valence-corrected chi connectivity index (χ4v) is 3.61. The average Bonchev–Trinajstić information content (AvgIpc) is 3.06. The molecule has 0 fully saturated rings. The van der Waals surface area contributed by atoms with Crippen LogP contribution >= 0.6 is 11.3 Å². The van der Waals surface area contributed by atoms with Crippen LogP contribution in [0.2, 0.25) is 0 Å². The Balaban J connectivity index is 1.88. The molecule has 3 aromatic rings. The van der Waals surface area contributed by atoms with E-state index in [1.807, 2.05) is 37.3 Å². The van der Waals surface area contributed by atoms with Gasteiger partial charge in [0, 0.05) is 12.1 Å². The van der Waals surface area contributed by atoms with Crippen LogP contribution in [-0.2, 0) is 11.3 Å². The van der Waals surface area contributed by atoms with Crippen LogP contribution in [0.25, 0.3) is 20.8 Å². The van der Waals surface area contributed by atoms with Crippen molar-refractivity contribution in [3.63, 3.8) is 0 Å². The van der Waals surface area contributed by atoms with Gasteiger partial charge in [0.2, 0.25) is 5.91 Å². The van der Waals surface area contributed by atoms with Gasteiger partial charge in [-0.2, -0.15) is 5.10 Å². The Hall–Kier alpha value is -2.54. The average molecular weight is 370 g/mol. The highest BCUT2D eigenvalue weighted by Gasteiger charge is 2.16. The minimum Gasteiger partial charge on any atom is -0.354 e. The third-order valence-corrected chi connectivity index (χ3v) is 5.23. The van der Waals surface area contributed by atoms with Gasteiger partial charge in [-0.3, -0.25) is 9.59 Å². The van der Waals surface area contributed by atoms with Crippen molar-refractivity contribution in [1.82, 2.24) is 20.1 Å². The Morgan fingerprint density at radius 3 is 2.69 bits per heavy atom. The first-order valence-corrected chi connectivity index (χ1v) is 9.47. The molecule has 1 amide bonds. The van der Waals surface area contributed by atoms with Crippen molar-refractivity contribution in [2.45, 2.75) is 33.7 Å². The molecule has 0 spiro atoms. The van der Waals surface area contributed by atoms with Gasteiger partial charge in [-0.25, -0.2) is 9.67 Å². The lowest BCUT2D eigenvalue weighted by molar-refractivity contribution is -0.121. The molecule has 0 saturated carbocycles. The lowest BCUT2D eigenvalue weighted by Gasteiger charge is -2.08. The lowest BCUT2D eigenvalue weighted by atomic mass is 10.1. The summed E-state index contributed by atoms with van der Waals surface area (Å²) < 4.78 is 1.97. The molecule has 0 unspecified atom stereocenters. The van der Waals surface area contributed by atoms with Crippen LogP contribution in [0.5, 0.6) is 0 Å². The highest BCUT2D eigenvalue weighted by atomic mass is 32.1. The molecule has 0 aliphatic carbocycles. The summed E-state index contributed by atoms with van der Waals surface area (Å²) in [5.41, 5.74) is 1.71. The maximum absolute atomic E-state index is 12.7. The molecule has 6 nitrogen and oxygen atoms in total. The summed E-state index contributed by atoms with van der Waals surface area (Å²) in [6, 6.07) is 9.73. The number of aryl methyl sites for hydroxylation is 1. The number of hydrogen-bond acceptors (Lipinski definition) is 5. The fourth-order valence-electron chi connectivity index (χ4n) is 2.61. The zero-order chi connectivity index (χ0) is 18.7. The molecule has 2 heterocycles. The molecule has 0 radical (unpaired) electrons. The maximum Gasteiger partial charge on any atom is 0.294 e. The summed E-state index contributed by atoms with van der Waals surface area (Å²) >= 11 is 1.45. The number of carbonyl (C=O) groups excluding carboxylic acids is 1. The van der Waals surface area contributed by atoms with Crippen molar-refractivity contribution in [2.24, 2.45) is 5.92 Å². The first kappa shape index (κ1) is 18.3. The number of nitrogens with one attached hydrogen (secondary N) is 1. The first-order chi connectivity index (χ1) is 12.5. The van der Waals surface area contributed by atoms with Crippen molar-refractivity contribution < 1.29 is 4.79 Å². The van der Waals surface area contributed by atoms with Crippen molar-refractivity contribution >= 4 is 27.5 Å². The van der Waals surface area contributed by atoms with Crippen LogP contribution in [0.1, 0.15) is 26.0 Å². The van der Waals surface area contributed by atoms with Crippen LogP contribution in [0.4, 0.5) is 0 Å². The van der Waals surface area contributed by atoms with Gasteiger partial charge in [0.15, 0.2) is 5.52 Å². The fraction of sp³-hybridized carbons (Fsp3) is 0.368. The van der Waals surface area contributed by atoms with Gasteiger partial charge >= 0.3 is 0 Å². The number of amides is 1. The minimum absolute atomic E-state index is 0.0914. The van der Waals surface area contributed by atoms with Crippen LogP contribution in [0, 0.1) is 12.8 Å². The Kier molecular flexibility index (Phi) is 5.46. The summed E-state index contributed by atoms with van der Waals surface area (Å²) in [5.74, 6) is 0.304. The molecular weight excluding hydrogens is 348 g/mol. The van der Waals surface area contributed by atoms with Crippen molar-refractivity contribution in [3.8, 4) is 10.6 Å². The molecule has 1 aromatic carbocycles. The van der Waals surface area contributed by atoms with Gasteiger partial charge in [-0.05, 0) is 19.3 Å². The van der Waals surface area contributed by atoms with E-state index in [1.165, 1.54) is 16.0 Å². The van der Waals surface area contributed by atoms with Gasteiger partial charge in [-0.1, -0.05) is 44.2 Å². The zero-order valence-corrected chi connectivity index (χ0v) is 16.0. The molecule has 0 atom stereocenters. The predicted octanol–water partition coefficient (Wildman–Crippen LogP) is 2.99. The first-order valence-electron chi connectivity index (χ1n) is 8.66. The molecule has 0 aliphatic heterocycles. The Bertz CT molecular complexity index is 976. The number of thiazole rings is 1. The second-order valence-corrected chi connectivity index (χ2v) is 7.64. The van der Waals surface area contributed by atoms with E-state index in [9.17, 15) is 9.59 Å². The second-order valence-electron chi connectivity index (χ2n) is 6.64. The van der Waals surface area contributed by atoms with E-state index in [2.05, 4.69) is 29.2 Å². The number of benzene rings is 1. The number of carbonyl (C=O) groups is 1. The highest BCUT2D eigenvalue weighted by molar-refractivity contribution is 7.21. The Morgan fingerprint density at radius 1 is 1.27 bits per heavy atom. The van der Waals surface area contributed by atoms with E-state index in [4.69, 9.17) is 0 Å². The summed E-state index contributed by atoms with van der Waals surface area (Å²) in [6.45, 7) is 6.54. The Labute approximate surface area is 155 Å². The minimum atomic E-state index is -0.331. The SMILES string of the molecule is Cc1nn(CC(=O)NCCC(C)C)c(=O)c2nc(-c3ccccc3)sc12. The van der Waals surface area contributed by atoms with Gasteiger partial charge < -0.3 is 5.32 Å². The smallest absolute Gasteiger partial charge is 0.294 e. The van der Waals surface area contributed by atoms with Gasteiger partial charge in [0.05, 0.1) is 10.4 Å². The molecule has 136 valence electrons. The monoisotopic (exact) mass is 370 g/mol. The van der Waals surface area contributed by atoms with E-state index in [0.717, 1.165) is 21.7 Å². The normalized spacial score (nSPS) is 11.2. The summed E-state index contributed by atoms with van der Waals surface area (Å²) in [7, 11) is 0. The second kappa shape index (κ2) is 7.78. The highest BCUT2D eigenvalue weighted by Crippen LogP contribution is 2.29. The third-order valence-electron chi connectivity index (χ3n) is 4.02. The maximum atomic E-state index is 12.7. The van der Waals surface area contributed by atoms with Crippen molar-refractivity contribution in [3.05, 3.63) is 46.4 Å².